The molecule has 0 unspecified atom stereocenters. The number of para-hydroxylation sites is 1. The number of hydrogen-bond acceptors (Lipinski definition) is 3. The van der Waals surface area contributed by atoms with E-state index in [1.54, 1.807) is 6.07 Å². The lowest BCUT2D eigenvalue weighted by molar-refractivity contribution is 0.0792. The summed E-state index contributed by atoms with van der Waals surface area (Å²) >= 11 is 0. The molecule has 1 aliphatic rings. The van der Waals surface area contributed by atoms with Crippen LogP contribution in [-0.4, -0.2) is 34.8 Å². The number of amides is 2. The van der Waals surface area contributed by atoms with Crippen molar-refractivity contribution in [2.75, 3.05) is 18.4 Å². The number of aromatic nitrogens is 1. The van der Waals surface area contributed by atoms with Gasteiger partial charge in [0.2, 0.25) is 0 Å². The Morgan fingerprint density at radius 1 is 1.04 bits per heavy atom. The van der Waals surface area contributed by atoms with Gasteiger partial charge < -0.3 is 10.2 Å². The second kappa shape index (κ2) is 8.13. The minimum atomic E-state index is -0.232. The third-order valence-electron chi connectivity index (χ3n) is 4.88. The summed E-state index contributed by atoms with van der Waals surface area (Å²) in [6, 6.07) is 7.72. The monoisotopic (exact) mass is 351 g/mol. The van der Waals surface area contributed by atoms with E-state index in [0.29, 0.717) is 11.1 Å². The molecule has 0 atom stereocenters. The summed E-state index contributed by atoms with van der Waals surface area (Å²) in [5.74, 6) is -0.281. The SMILES string of the molecule is CCc1cccc(CC)c1NC(=O)c1cncc(C(=O)N2CCCC2)c1. The molecule has 2 aromatic rings. The van der Waals surface area contributed by atoms with Gasteiger partial charge in [-0.2, -0.15) is 0 Å². The first-order valence-electron chi connectivity index (χ1n) is 9.30. The zero-order chi connectivity index (χ0) is 18.5. The number of rotatable bonds is 5. The van der Waals surface area contributed by atoms with Gasteiger partial charge in [-0.3, -0.25) is 14.6 Å². The van der Waals surface area contributed by atoms with Gasteiger partial charge in [-0.05, 0) is 42.9 Å². The summed E-state index contributed by atoms with van der Waals surface area (Å²) in [7, 11) is 0. The lowest BCUT2D eigenvalue weighted by atomic mass is 10.0. The third-order valence-corrected chi connectivity index (χ3v) is 4.88. The van der Waals surface area contributed by atoms with Crippen LogP contribution >= 0.6 is 0 Å². The Bertz CT molecular complexity index is 788. The van der Waals surface area contributed by atoms with Crippen LogP contribution in [0.25, 0.3) is 0 Å². The standard InChI is InChI=1S/C21H25N3O2/c1-3-15-8-7-9-16(4-2)19(15)23-20(25)17-12-18(14-22-13-17)21(26)24-10-5-6-11-24/h7-9,12-14H,3-6,10-11H2,1-2H3,(H,23,25). The number of carbonyl (C=O) groups excluding carboxylic acids is 2. The lowest BCUT2D eigenvalue weighted by Gasteiger charge is -2.16. The van der Waals surface area contributed by atoms with Crippen molar-refractivity contribution in [1.29, 1.82) is 0 Å². The second-order valence-electron chi connectivity index (χ2n) is 6.57. The molecule has 0 saturated carbocycles. The average Bonchev–Trinajstić information content (AvgIpc) is 3.22. The highest BCUT2D eigenvalue weighted by Crippen LogP contribution is 2.23. The molecule has 5 heteroatoms. The van der Waals surface area contributed by atoms with Gasteiger partial charge in [-0.1, -0.05) is 32.0 Å². The molecule has 2 heterocycles. The molecule has 0 spiro atoms. The predicted octanol–water partition coefficient (Wildman–Crippen LogP) is 3.69. The largest absolute Gasteiger partial charge is 0.339 e. The van der Waals surface area contributed by atoms with Gasteiger partial charge in [-0.25, -0.2) is 0 Å². The van der Waals surface area contributed by atoms with Crippen molar-refractivity contribution < 1.29 is 9.59 Å². The van der Waals surface area contributed by atoms with Gasteiger partial charge in [0.05, 0.1) is 11.1 Å². The van der Waals surface area contributed by atoms with Crippen LogP contribution in [0, 0.1) is 0 Å². The van der Waals surface area contributed by atoms with E-state index in [4.69, 9.17) is 0 Å². The van der Waals surface area contributed by atoms with E-state index in [-0.39, 0.29) is 11.8 Å². The Kier molecular flexibility index (Phi) is 5.66. The van der Waals surface area contributed by atoms with Crippen LogP contribution in [0.3, 0.4) is 0 Å². The highest BCUT2D eigenvalue weighted by Gasteiger charge is 2.21. The molecule has 3 rings (SSSR count). The summed E-state index contributed by atoms with van der Waals surface area (Å²) < 4.78 is 0. The maximum Gasteiger partial charge on any atom is 0.257 e. The predicted molar refractivity (Wildman–Crippen MR) is 103 cm³/mol. The van der Waals surface area contributed by atoms with E-state index < -0.39 is 0 Å². The van der Waals surface area contributed by atoms with Gasteiger partial charge in [-0.15, -0.1) is 0 Å². The first-order chi connectivity index (χ1) is 12.6. The molecule has 1 saturated heterocycles. The number of aryl methyl sites for hydroxylation is 2. The number of nitrogens with zero attached hydrogens (tertiary/aromatic N) is 2. The molecule has 1 aromatic heterocycles. The first kappa shape index (κ1) is 18.1. The summed E-state index contributed by atoms with van der Waals surface area (Å²) in [5, 5.41) is 3.03. The van der Waals surface area contributed by atoms with Gasteiger partial charge in [0.15, 0.2) is 0 Å². The van der Waals surface area contributed by atoms with Crippen LogP contribution in [0.4, 0.5) is 5.69 Å². The summed E-state index contributed by atoms with van der Waals surface area (Å²) in [4.78, 5) is 31.2. The van der Waals surface area contributed by atoms with Gasteiger partial charge in [0, 0.05) is 31.2 Å². The Balaban J connectivity index is 1.83. The van der Waals surface area contributed by atoms with E-state index in [1.807, 2.05) is 23.1 Å². The third kappa shape index (κ3) is 3.77. The highest BCUT2D eigenvalue weighted by atomic mass is 16.2. The van der Waals surface area contributed by atoms with Gasteiger partial charge in [0.25, 0.3) is 11.8 Å². The van der Waals surface area contributed by atoms with Crippen molar-refractivity contribution in [2.45, 2.75) is 39.5 Å². The number of pyridine rings is 1. The number of carbonyl (C=O) groups is 2. The molecule has 1 aromatic carbocycles. The minimum absolute atomic E-state index is 0.0483. The zero-order valence-corrected chi connectivity index (χ0v) is 15.4. The van der Waals surface area contributed by atoms with Crippen molar-refractivity contribution in [1.82, 2.24) is 9.88 Å². The van der Waals surface area contributed by atoms with Crippen molar-refractivity contribution in [2.24, 2.45) is 0 Å². The van der Waals surface area contributed by atoms with E-state index in [9.17, 15) is 9.59 Å². The van der Waals surface area contributed by atoms with Crippen LogP contribution in [-0.2, 0) is 12.8 Å². The van der Waals surface area contributed by atoms with Crippen LogP contribution in [0.2, 0.25) is 0 Å². The molecule has 0 aliphatic carbocycles. The molecule has 2 amide bonds. The number of likely N-dealkylation sites (tertiary alicyclic amines) is 1. The maximum absolute atomic E-state index is 12.8. The molecule has 1 fully saturated rings. The molecular formula is C21H25N3O2. The van der Waals surface area contributed by atoms with E-state index in [0.717, 1.165) is 55.6 Å². The number of benzene rings is 1. The Hall–Kier alpha value is -2.69. The van der Waals surface area contributed by atoms with Gasteiger partial charge >= 0.3 is 0 Å². The normalized spacial score (nSPS) is 13.7. The summed E-state index contributed by atoms with van der Waals surface area (Å²) in [6.45, 7) is 5.70. The fourth-order valence-corrected chi connectivity index (χ4v) is 3.37. The molecule has 136 valence electrons. The minimum Gasteiger partial charge on any atom is -0.339 e. The van der Waals surface area contributed by atoms with E-state index in [1.165, 1.54) is 12.4 Å². The first-order valence-corrected chi connectivity index (χ1v) is 9.30. The second-order valence-corrected chi connectivity index (χ2v) is 6.57. The van der Waals surface area contributed by atoms with Crippen LogP contribution in [0.15, 0.2) is 36.7 Å². The molecular weight excluding hydrogens is 326 g/mol. The zero-order valence-electron chi connectivity index (χ0n) is 15.4. The van der Waals surface area contributed by atoms with Crippen molar-refractivity contribution in [3.8, 4) is 0 Å². The lowest BCUT2D eigenvalue weighted by Crippen LogP contribution is -2.28. The topological polar surface area (TPSA) is 62.3 Å². The summed E-state index contributed by atoms with van der Waals surface area (Å²) in [6.07, 6.45) is 6.80. The fraction of sp³-hybridized carbons (Fsp3) is 0.381. The Morgan fingerprint density at radius 2 is 1.65 bits per heavy atom. The number of anilines is 1. The van der Waals surface area contributed by atoms with Crippen molar-refractivity contribution >= 4 is 17.5 Å². The molecule has 0 radical (unpaired) electrons. The molecule has 0 bridgehead atoms. The van der Waals surface area contributed by atoms with Crippen LogP contribution in [0.5, 0.6) is 0 Å². The van der Waals surface area contributed by atoms with Gasteiger partial charge in [0.1, 0.15) is 0 Å². The van der Waals surface area contributed by atoms with Crippen LogP contribution in [0.1, 0.15) is 58.5 Å². The maximum atomic E-state index is 12.8. The summed E-state index contributed by atoms with van der Waals surface area (Å²) in [5.41, 5.74) is 3.96. The average molecular weight is 351 g/mol. The number of nitrogens with one attached hydrogen (secondary N) is 1. The molecule has 5 nitrogen and oxygen atoms in total. The molecule has 26 heavy (non-hydrogen) atoms. The van der Waals surface area contributed by atoms with E-state index >= 15 is 0 Å². The Labute approximate surface area is 154 Å². The van der Waals surface area contributed by atoms with Crippen LogP contribution < -0.4 is 5.32 Å². The quantitative estimate of drug-likeness (QED) is 0.893. The highest BCUT2D eigenvalue weighted by molar-refractivity contribution is 6.06. The molecule has 1 aliphatic heterocycles. The van der Waals surface area contributed by atoms with E-state index in [2.05, 4.69) is 24.1 Å². The van der Waals surface area contributed by atoms with Crippen molar-refractivity contribution in [3.63, 3.8) is 0 Å². The van der Waals surface area contributed by atoms with Crippen molar-refractivity contribution in [3.05, 3.63) is 58.9 Å². The smallest absolute Gasteiger partial charge is 0.257 e. The Morgan fingerprint density at radius 3 is 2.27 bits per heavy atom. The number of hydrogen-bond donors (Lipinski definition) is 1. The fourth-order valence-electron chi connectivity index (χ4n) is 3.37. The molecule has 1 N–H and O–H groups in total.